The molecule has 1 aromatic rings. The number of carbonyl (C=O) groups is 1. The minimum absolute atomic E-state index is 0.257. The first-order valence-corrected chi connectivity index (χ1v) is 5.85. The van der Waals surface area contributed by atoms with Crippen LogP contribution in [0.5, 0.6) is 0 Å². The fourth-order valence-corrected chi connectivity index (χ4v) is 1.55. The lowest BCUT2D eigenvalue weighted by molar-refractivity contribution is -0.132. The summed E-state index contributed by atoms with van der Waals surface area (Å²) in [6.07, 6.45) is 2.95. The zero-order valence-electron chi connectivity index (χ0n) is 10.6. The molecule has 0 saturated carbocycles. The molecular formula is C15H18O3. The van der Waals surface area contributed by atoms with E-state index in [2.05, 4.69) is 6.58 Å². The molecule has 18 heavy (non-hydrogen) atoms. The molecule has 3 nitrogen and oxygen atoms in total. The molecule has 0 unspecified atom stereocenters. The molecule has 0 aliphatic carbocycles. The molecule has 0 fully saturated rings. The van der Waals surface area contributed by atoms with Crippen LogP contribution >= 0.6 is 0 Å². The Balaban J connectivity index is 2.70. The van der Waals surface area contributed by atoms with Gasteiger partial charge in [0, 0.05) is 6.42 Å². The SMILES string of the molecule is C=CCO/C(CCc1ccccc1)=C(/C)C(=O)O. The largest absolute Gasteiger partial charge is 0.493 e. The number of benzene rings is 1. The standard InChI is InChI=1S/C15H18O3/c1-3-11-18-14(12(2)15(16)17)10-9-13-7-5-4-6-8-13/h3-8H,1,9-11H2,2H3,(H,16,17)/b14-12-. The van der Waals surface area contributed by atoms with Crippen LogP contribution in [0.3, 0.4) is 0 Å². The number of aliphatic carboxylic acids is 1. The van der Waals surface area contributed by atoms with Crippen molar-refractivity contribution in [3.8, 4) is 0 Å². The van der Waals surface area contributed by atoms with Crippen LogP contribution in [0.1, 0.15) is 18.9 Å². The zero-order chi connectivity index (χ0) is 13.4. The lowest BCUT2D eigenvalue weighted by Gasteiger charge is -2.11. The van der Waals surface area contributed by atoms with Gasteiger partial charge in [0.2, 0.25) is 0 Å². The van der Waals surface area contributed by atoms with Gasteiger partial charge in [-0.1, -0.05) is 43.0 Å². The van der Waals surface area contributed by atoms with E-state index in [1.54, 1.807) is 13.0 Å². The van der Waals surface area contributed by atoms with Crippen LogP contribution in [-0.2, 0) is 16.0 Å². The van der Waals surface area contributed by atoms with Crippen molar-refractivity contribution in [2.45, 2.75) is 19.8 Å². The summed E-state index contributed by atoms with van der Waals surface area (Å²) in [5, 5.41) is 8.99. The highest BCUT2D eigenvalue weighted by molar-refractivity contribution is 5.86. The lowest BCUT2D eigenvalue weighted by atomic mass is 10.1. The van der Waals surface area contributed by atoms with Gasteiger partial charge in [0.1, 0.15) is 12.4 Å². The van der Waals surface area contributed by atoms with E-state index >= 15 is 0 Å². The van der Waals surface area contributed by atoms with E-state index in [-0.39, 0.29) is 5.57 Å². The Kier molecular flexibility index (Phi) is 5.71. The van der Waals surface area contributed by atoms with Crippen molar-refractivity contribution in [1.82, 2.24) is 0 Å². The first-order chi connectivity index (χ1) is 8.65. The van der Waals surface area contributed by atoms with Gasteiger partial charge in [0.05, 0.1) is 5.57 Å². The topological polar surface area (TPSA) is 46.5 Å². The Bertz CT molecular complexity index is 432. The van der Waals surface area contributed by atoms with Gasteiger partial charge < -0.3 is 9.84 Å². The minimum atomic E-state index is -0.942. The van der Waals surface area contributed by atoms with E-state index in [0.29, 0.717) is 18.8 Å². The van der Waals surface area contributed by atoms with Gasteiger partial charge in [0.15, 0.2) is 0 Å². The summed E-state index contributed by atoms with van der Waals surface area (Å²) in [4.78, 5) is 11.0. The Morgan fingerprint density at radius 3 is 2.61 bits per heavy atom. The summed E-state index contributed by atoms with van der Waals surface area (Å²) >= 11 is 0. The molecule has 0 radical (unpaired) electrons. The summed E-state index contributed by atoms with van der Waals surface area (Å²) in [6.45, 7) is 5.45. The maximum Gasteiger partial charge on any atom is 0.334 e. The highest BCUT2D eigenvalue weighted by Gasteiger charge is 2.10. The molecule has 0 atom stereocenters. The quantitative estimate of drug-likeness (QED) is 0.456. The van der Waals surface area contributed by atoms with E-state index in [1.165, 1.54) is 0 Å². The number of aryl methyl sites for hydroxylation is 1. The van der Waals surface area contributed by atoms with Crippen LogP contribution in [0.2, 0.25) is 0 Å². The van der Waals surface area contributed by atoms with E-state index in [1.807, 2.05) is 30.3 Å². The number of carboxylic acids is 1. The summed E-state index contributed by atoms with van der Waals surface area (Å²) in [5.41, 5.74) is 1.42. The van der Waals surface area contributed by atoms with Crippen molar-refractivity contribution < 1.29 is 14.6 Å². The molecular weight excluding hydrogens is 228 g/mol. The molecule has 1 rings (SSSR count). The molecule has 0 spiro atoms. The molecule has 0 bridgehead atoms. The van der Waals surface area contributed by atoms with Gasteiger partial charge >= 0.3 is 5.97 Å². The summed E-state index contributed by atoms with van der Waals surface area (Å²) in [7, 11) is 0. The van der Waals surface area contributed by atoms with Gasteiger partial charge in [-0.05, 0) is 18.9 Å². The van der Waals surface area contributed by atoms with Gasteiger partial charge in [-0.15, -0.1) is 0 Å². The second-order valence-electron chi connectivity index (χ2n) is 3.94. The number of carboxylic acid groups (broad SMARTS) is 1. The van der Waals surface area contributed by atoms with Crippen LogP contribution in [0, 0.1) is 0 Å². The highest BCUT2D eigenvalue weighted by Crippen LogP contribution is 2.15. The fraction of sp³-hybridized carbons (Fsp3) is 0.267. The second-order valence-corrected chi connectivity index (χ2v) is 3.94. The lowest BCUT2D eigenvalue weighted by Crippen LogP contribution is -2.05. The number of hydrogen-bond donors (Lipinski definition) is 1. The van der Waals surface area contributed by atoms with E-state index in [9.17, 15) is 4.79 Å². The van der Waals surface area contributed by atoms with Gasteiger partial charge in [-0.3, -0.25) is 0 Å². The highest BCUT2D eigenvalue weighted by atomic mass is 16.5. The molecule has 3 heteroatoms. The van der Waals surface area contributed by atoms with E-state index in [0.717, 1.165) is 12.0 Å². The van der Waals surface area contributed by atoms with Crippen molar-refractivity contribution in [1.29, 1.82) is 0 Å². The van der Waals surface area contributed by atoms with Crippen LogP contribution in [0.4, 0.5) is 0 Å². The van der Waals surface area contributed by atoms with Gasteiger partial charge in [-0.25, -0.2) is 4.79 Å². The van der Waals surface area contributed by atoms with Crippen LogP contribution in [0.25, 0.3) is 0 Å². The molecule has 0 saturated heterocycles. The Hall–Kier alpha value is -2.03. The zero-order valence-corrected chi connectivity index (χ0v) is 10.6. The predicted molar refractivity (Wildman–Crippen MR) is 71.2 cm³/mol. The average Bonchev–Trinajstić information content (AvgIpc) is 2.39. The molecule has 0 amide bonds. The molecule has 0 aliphatic rings. The van der Waals surface area contributed by atoms with Crippen molar-refractivity contribution >= 4 is 5.97 Å². The average molecular weight is 246 g/mol. The minimum Gasteiger partial charge on any atom is -0.493 e. The van der Waals surface area contributed by atoms with Crippen molar-refractivity contribution in [3.63, 3.8) is 0 Å². The van der Waals surface area contributed by atoms with Gasteiger partial charge in [-0.2, -0.15) is 0 Å². The molecule has 0 heterocycles. The first kappa shape index (κ1) is 14.0. The van der Waals surface area contributed by atoms with Crippen molar-refractivity contribution in [2.24, 2.45) is 0 Å². The maximum absolute atomic E-state index is 11.0. The summed E-state index contributed by atoms with van der Waals surface area (Å²) < 4.78 is 5.42. The molecule has 0 aromatic heterocycles. The fourth-order valence-electron chi connectivity index (χ4n) is 1.55. The van der Waals surface area contributed by atoms with Crippen molar-refractivity contribution in [3.05, 3.63) is 59.9 Å². The number of rotatable bonds is 7. The summed E-state index contributed by atoms with van der Waals surface area (Å²) in [6, 6.07) is 9.92. The molecule has 0 aliphatic heterocycles. The molecule has 1 N–H and O–H groups in total. The predicted octanol–water partition coefficient (Wildman–Crippen LogP) is 3.18. The second kappa shape index (κ2) is 7.33. The normalized spacial score (nSPS) is 11.6. The number of hydrogen-bond acceptors (Lipinski definition) is 2. The number of allylic oxidation sites excluding steroid dienone is 1. The smallest absolute Gasteiger partial charge is 0.334 e. The molecule has 96 valence electrons. The maximum atomic E-state index is 11.0. The Morgan fingerprint density at radius 1 is 1.39 bits per heavy atom. The molecule has 1 aromatic carbocycles. The third-order valence-electron chi connectivity index (χ3n) is 2.60. The monoisotopic (exact) mass is 246 g/mol. The third-order valence-corrected chi connectivity index (χ3v) is 2.60. The first-order valence-electron chi connectivity index (χ1n) is 5.85. The van der Waals surface area contributed by atoms with Gasteiger partial charge in [0.25, 0.3) is 0 Å². The Labute approximate surface area is 107 Å². The Morgan fingerprint density at radius 2 is 2.06 bits per heavy atom. The van der Waals surface area contributed by atoms with E-state index < -0.39 is 5.97 Å². The number of ether oxygens (including phenoxy) is 1. The third kappa shape index (κ3) is 4.45. The van der Waals surface area contributed by atoms with E-state index in [4.69, 9.17) is 9.84 Å². The van der Waals surface area contributed by atoms with Crippen LogP contribution in [-0.4, -0.2) is 17.7 Å². The summed E-state index contributed by atoms with van der Waals surface area (Å²) in [5.74, 6) is -0.423. The van der Waals surface area contributed by atoms with Crippen molar-refractivity contribution in [2.75, 3.05) is 6.61 Å². The van der Waals surface area contributed by atoms with Crippen LogP contribution in [0.15, 0.2) is 54.3 Å². The van der Waals surface area contributed by atoms with Crippen LogP contribution < -0.4 is 0 Å².